The largest absolute Gasteiger partial charge is 0.459 e. The summed E-state index contributed by atoms with van der Waals surface area (Å²) >= 11 is 2.89. The Morgan fingerprint density at radius 1 is 1.41 bits per heavy atom. The highest BCUT2D eigenvalue weighted by Crippen LogP contribution is 2.40. The first-order chi connectivity index (χ1) is 12.9. The molecule has 0 fully saturated rings. The third-order valence-corrected chi connectivity index (χ3v) is 6.41. The third kappa shape index (κ3) is 5.11. The first-order valence-electron chi connectivity index (χ1n) is 9.13. The van der Waals surface area contributed by atoms with Gasteiger partial charge in [0.2, 0.25) is 5.91 Å². The van der Waals surface area contributed by atoms with E-state index in [9.17, 15) is 9.59 Å². The molecule has 0 saturated heterocycles. The molecule has 27 heavy (non-hydrogen) atoms. The summed E-state index contributed by atoms with van der Waals surface area (Å²) in [5.74, 6) is 0.350. The smallest absolute Gasteiger partial charge is 0.341 e. The molecule has 1 amide bonds. The van der Waals surface area contributed by atoms with Gasteiger partial charge in [0.15, 0.2) is 0 Å². The molecule has 2 aromatic rings. The van der Waals surface area contributed by atoms with E-state index in [2.05, 4.69) is 17.2 Å². The molecular weight excluding hydrogens is 380 g/mol. The fourth-order valence-electron chi connectivity index (χ4n) is 3.06. The van der Waals surface area contributed by atoms with Gasteiger partial charge in [-0.05, 0) is 56.7 Å². The normalized spacial score (nSPS) is 16.1. The lowest BCUT2D eigenvalue weighted by Gasteiger charge is -2.18. The molecular formula is C20H24N2O3S2. The van der Waals surface area contributed by atoms with Crippen molar-refractivity contribution < 1.29 is 14.3 Å². The van der Waals surface area contributed by atoms with E-state index in [1.165, 1.54) is 28.0 Å². The van der Waals surface area contributed by atoms with Gasteiger partial charge in [-0.2, -0.15) is 0 Å². The van der Waals surface area contributed by atoms with Crippen LogP contribution in [0.3, 0.4) is 0 Å². The lowest BCUT2D eigenvalue weighted by molar-refractivity contribution is -0.113. The molecule has 1 N–H and O–H groups in total. The Kier molecular flexibility index (Phi) is 6.55. The zero-order valence-corrected chi connectivity index (χ0v) is 17.4. The number of carbonyl (C=O) groups excluding carboxylic acids is 2. The summed E-state index contributed by atoms with van der Waals surface area (Å²) in [6.45, 7) is 5.89. The number of hydrogen-bond acceptors (Lipinski definition) is 6. The number of pyridine rings is 1. The highest BCUT2D eigenvalue weighted by molar-refractivity contribution is 7.99. The molecule has 0 spiro atoms. The average Bonchev–Trinajstić information content (AvgIpc) is 2.97. The van der Waals surface area contributed by atoms with Crippen LogP contribution in [0.1, 0.15) is 48.0 Å². The van der Waals surface area contributed by atoms with Crippen LogP contribution in [0.5, 0.6) is 0 Å². The summed E-state index contributed by atoms with van der Waals surface area (Å²) in [5.41, 5.74) is 1.60. The molecule has 7 heteroatoms. The molecule has 0 aromatic carbocycles. The lowest BCUT2D eigenvalue weighted by Crippen LogP contribution is -2.19. The van der Waals surface area contributed by atoms with Gasteiger partial charge in [-0.25, -0.2) is 9.78 Å². The minimum Gasteiger partial charge on any atom is -0.459 e. The minimum atomic E-state index is -0.343. The molecule has 1 aliphatic rings. The number of aromatic nitrogens is 1. The number of thioether (sulfide) groups is 1. The monoisotopic (exact) mass is 404 g/mol. The molecule has 2 aromatic heterocycles. The van der Waals surface area contributed by atoms with Crippen molar-refractivity contribution >= 4 is 40.0 Å². The van der Waals surface area contributed by atoms with E-state index in [-0.39, 0.29) is 23.7 Å². The van der Waals surface area contributed by atoms with Crippen LogP contribution in [0.15, 0.2) is 29.4 Å². The number of anilines is 1. The van der Waals surface area contributed by atoms with E-state index < -0.39 is 0 Å². The highest BCUT2D eigenvalue weighted by atomic mass is 32.2. The topological polar surface area (TPSA) is 68.3 Å². The number of fused-ring (bicyclic) bond motifs is 1. The maximum Gasteiger partial charge on any atom is 0.341 e. The lowest BCUT2D eigenvalue weighted by atomic mass is 9.88. The van der Waals surface area contributed by atoms with Crippen LogP contribution in [-0.2, 0) is 22.4 Å². The molecule has 2 heterocycles. The van der Waals surface area contributed by atoms with Crippen molar-refractivity contribution in [2.75, 3.05) is 11.1 Å². The Morgan fingerprint density at radius 2 is 2.22 bits per heavy atom. The van der Waals surface area contributed by atoms with E-state index in [1.807, 2.05) is 32.0 Å². The second kappa shape index (κ2) is 8.89. The van der Waals surface area contributed by atoms with Crippen LogP contribution in [0.4, 0.5) is 5.00 Å². The van der Waals surface area contributed by atoms with Crippen LogP contribution in [0.2, 0.25) is 0 Å². The number of nitrogens with zero attached hydrogens (tertiary/aromatic N) is 1. The van der Waals surface area contributed by atoms with Crippen LogP contribution < -0.4 is 5.32 Å². The van der Waals surface area contributed by atoms with Gasteiger partial charge in [0.25, 0.3) is 0 Å². The second-order valence-electron chi connectivity index (χ2n) is 7.01. The molecule has 1 aliphatic carbocycles. The van der Waals surface area contributed by atoms with Crippen molar-refractivity contribution in [1.82, 2.24) is 4.98 Å². The van der Waals surface area contributed by atoms with Gasteiger partial charge in [-0.1, -0.05) is 24.8 Å². The Balaban J connectivity index is 1.77. The van der Waals surface area contributed by atoms with Gasteiger partial charge in [-0.15, -0.1) is 11.3 Å². The molecule has 1 unspecified atom stereocenters. The fourth-order valence-corrected chi connectivity index (χ4v) is 5.14. The quantitative estimate of drug-likeness (QED) is 0.564. The number of thiophene rings is 1. The van der Waals surface area contributed by atoms with Gasteiger partial charge in [0.05, 0.1) is 22.4 Å². The van der Waals surface area contributed by atoms with Crippen molar-refractivity contribution in [3.05, 3.63) is 40.4 Å². The highest BCUT2D eigenvalue weighted by Gasteiger charge is 2.29. The van der Waals surface area contributed by atoms with Gasteiger partial charge >= 0.3 is 5.97 Å². The van der Waals surface area contributed by atoms with Crippen LogP contribution >= 0.6 is 23.1 Å². The molecule has 0 aliphatic heterocycles. The van der Waals surface area contributed by atoms with E-state index in [1.54, 1.807) is 6.20 Å². The zero-order chi connectivity index (χ0) is 19.4. The van der Waals surface area contributed by atoms with Crippen molar-refractivity contribution in [3.8, 4) is 0 Å². The van der Waals surface area contributed by atoms with Crippen molar-refractivity contribution in [3.63, 3.8) is 0 Å². The average molecular weight is 405 g/mol. The zero-order valence-electron chi connectivity index (χ0n) is 15.8. The van der Waals surface area contributed by atoms with Crippen molar-refractivity contribution in [2.24, 2.45) is 5.92 Å². The number of esters is 1. The van der Waals surface area contributed by atoms with E-state index in [0.717, 1.165) is 29.9 Å². The summed E-state index contributed by atoms with van der Waals surface area (Å²) in [7, 11) is 0. The number of hydrogen-bond donors (Lipinski definition) is 1. The number of ether oxygens (including phenoxy) is 1. The third-order valence-electron chi connectivity index (χ3n) is 4.30. The predicted octanol–water partition coefficient (Wildman–Crippen LogP) is 4.56. The number of rotatable bonds is 6. The maximum atomic E-state index is 12.7. The first-order valence-corrected chi connectivity index (χ1v) is 10.9. The maximum absolute atomic E-state index is 12.7. The van der Waals surface area contributed by atoms with E-state index >= 15 is 0 Å². The van der Waals surface area contributed by atoms with Crippen LogP contribution in [0, 0.1) is 5.92 Å². The molecule has 144 valence electrons. The van der Waals surface area contributed by atoms with Crippen LogP contribution in [0.25, 0.3) is 0 Å². The number of carbonyl (C=O) groups is 2. The SMILES string of the molecule is CC1CCc2c(sc(NC(=O)CSc3ccccn3)c2C(=O)OC(C)C)C1. The Bertz CT molecular complexity index is 818. The molecule has 0 radical (unpaired) electrons. The molecule has 0 bridgehead atoms. The minimum absolute atomic E-state index is 0.143. The van der Waals surface area contributed by atoms with Gasteiger partial charge in [-0.3, -0.25) is 4.79 Å². The van der Waals surface area contributed by atoms with Crippen molar-refractivity contribution in [1.29, 1.82) is 0 Å². The van der Waals surface area contributed by atoms with Gasteiger partial charge < -0.3 is 10.1 Å². The summed E-state index contributed by atoms with van der Waals surface area (Å²) < 4.78 is 5.44. The Morgan fingerprint density at radius 3 is 2.93 bits per heavy atom. The van der Waals surface area contributed by atoms with Crippen LogP contribution in [-0.4, -0.2) is 28.7 Å². The summed E-state index contributed by atoms with van der Waals surface area (Å²) in [5, 5.41) is 4.35. The van der Waals surface area contributed by atoms with Gasteiger partial charge in [0, 0.05) is 11.1 Å². The number of amides is 1. The first kappa shape index (κ1) is 19.9. The van der Waals surface area contributed by atoms with E-state index in [4.69, 9.17) is 4.74 Å². The van der Waals surface area contributed by atoms with E-state index in [0.29, 0.717) is 16.5 Å². The van der Waals surface area contributed by atoms with Gasteiger partial charge in [0.1, 0.15) is 5.00 Å². The van der Waals surface area contributed by atoms with Crippen molar-refractivity contribution in [2.45, 2.75) is 51.2 Å². The number of nitrogens with one attached hydrogen (secondary N) is 1. The Hall–Kier alpha value is -1.86. The Labute approximate surface area is 167 Å². The second-order valence-corrected chi connectivity index (χ2v) is 9.12. The summed E-state index contributed by atoms with van der Waals surface area (Å²) in [6, 6.07) is 5.60. The molecule has 5 nitrogen and oxygen atoms in total. The fraction of sp³-hybridized carbons (Fsp3) is 0.450. The molecule has 1 atom stereocenters. The molecule has 0 saturated carbocycles. The summed E-state index contributed by atoms with van der Waals surface area (Å²) in [6.07, 6.45) is 4.36. The molecule has 3 rings (SSSR count). The summed E-state index contributed by atoms with van der Waals surface area (Å²) in [4.78, 5) is 30.5. The predicted molar refractivity (Wildman–Crippen MR) is 110 cm³/mol. The standard InChI is InChI=1S/C20H24N2O3S2/c1-12(2)25-20(24)18-14-8-7-13(3)10-15(14)27-19(18)22-16(23)11-26-17-6-4-5-9-21-17/h4-6,9,12-13H,7-8,10-11H2,1-3H3,(H,22,23).